The van der Waals surface area contributed by atoms with Crippen molar-refractivity contribution < 1.29 is 9.59 Å². The van der Waals surface area contributed by atoms with Crippen molar-refractivity contribution in [3.05, 3.63) is 32.4 Å². The number of carbonyl (C=O) groups excluding carboxylic acids is 2. The van der Waals surface area contributed by atoms with Gasteiger partial charge in [-0.25, -0.2) is 4.79 Å². The molecule has 6 heteroatoms. The minimum absolute atomic E-state index is 0.304. The molecule has 16 heavy (non-hydrogen) atoms. The Balaban J connectivity index is 2.33. The summed E-state index contributed by atoms with van der Waals surface area (Å²) in [7, 11) is 0. The highest BCUT2D eigenvalue weighted by Gasteiger charge is 2.28. The van der Waals surface area contributed by atoms with Crippen LogP contribution in [-0.4, -0.2) is 29.9 Å². The van der Waals surface area contributed by atoms with Crippen molar-refractivity contribution in [3.63, 3.8) is 0 Å². The van der Waals surface area contributed by atoms with E-state index in [-0.39, 0.29) is 11.9 Å². The van der Waals surface area contributed by atoms with Gasteiger partial charge in [-0.1, -0.05) is 11.6 Å². The number of imide groups is 1. The van der Waals surface area contributed by atoms with E-state index < -0.39 is 0 Å². The maximum atomic E-state index is 12.0. The van der Waals surface area contributed by atoms with Crippen LogP contribution in [-0.2, 0) is 0 Å². The fourth-order valence-electron chi connectivity index (χ4n) is 1.47. The van der Waals surface area contributed by atoms with Gasteiger partial charge >= 0.3 is 6.03 Å². The Kier molecular flexibility index (Phi) is 3.34. The Morgan fingerprint density at radius 1 is 1.50 bits per heavy atom. The zero-order valence-electron chi connectivity index (χ0n) is 8.17. The number of hydrogen-bond donors (Lipinski definition) is 1. The van der Waals surface area contributed by atoms with Crippen LogP contribution in [0.25, 0.3) is 0 Å². The first-order chi connectivity index (χ1) is 7.59. The summed E-state index contributed by atoms with van der Waals surface area (Å²) < 4.78 is 0.784. The summed E-state index contributed by atoms with van der Waals surface area (Å²) in [6, 6.07) is 4.70. The average molecular weight is 351 g/mol. The van der Waals surface area contributed by atoms with E-state index in [1.54, 1.807) is 18.2 Å². The van der Waals surface area contributed by atoms with Crippen molar-refractivity contribution in [1.82, 2.24) is 10.2 Å². The second-order valence-electron chi connectivity index (χ2n) is 3.31. The van der Waals surface area contributed by atoms with Gasteiger partial charge in [0.15, 0.2) is 0 Å². The highest BCUT2D eigenvalue weighted by atomic mass is 127. The van der Waals surface area contributed by atoms with Gasteiger partial charge in [0.1, 0.15) is 0 Å². The lowest BCUT2D eigenvalue weighted by Crippen LogP contribution is -2.34. The fraction of sp³-hybridized carbons (Fsp3) is 0.200. The molecule has 1 saturated heterocycles. The molecule has 0 bridgehead atoms. The van der Waals surface area contributed by atoms with Crippen LogP contribution >= 0.6 is 34.2 Å². The Hall–Kier alpha value is -0.820. The molecule has 0 spiro atoms. The third-order valence-electron chi connectivity index (χ3n) is 2.26. The molecule has 84 valence electrons. The lowest BCUT2D eigenvalue weighted by atomic mass is 10.2. The lowest BCUT2D eigenvalue weighted by Gasteiger charge is -2.13. The number of rotatable bonds is 1. The van der Waals surface area contributed by atoms with Crippen LogP contribution in [0, 0.1) is 3.57 Å². The second-order valence-corrected chi connectivity index (χ2v) is 4.91. The number of nitrogens with one attached hydrogen (secondary N) is 1. The molecule has 0 radical (unpaired) electrons. The van der Waals surface area contributed by atoms with Gasteiger partial charge in [-0.05, 0) is 40.8 Å². The molecular weight excluding hydrogens is 342 g/mol. The first kappa shape index (κ1) is 11.7. The van der Waals surface area contributed by atoms with Gasteiger partial charge in [-0.3, -0.25) is 9.69 Å². The predicted octanol–water partition coefficient (Wildman–Crippen LogP) is 2.11. The summed E-state index contributed by atoms with van der Waals surface area (Å²) in [4.78, 5) is 24.6. The molecule has 0 aliphatic carbocycles. The normalized spacial score (nSPS) is 15.1. The van der Waals surface area contributed by atoms with Crippen molar-refractivity contribution in [1.29, 1.82) is 0 Å². The largest absolute Gasteiger partial charge is 0.336 e. The zero-order valence-corrected chi connectivity index (χ0v) is 11.1. The van der Waals surface area contributed by atoms with Crippen LogP contribution in [0.5, 0.6) is 0 Å². The summed E-state index contributed by atoms with van der Waals surface area (Å²) in [6.45, 7) is 0.905. The Bertz CT molecular complexity index is 464. The highest BCUT2D eigenvalue weighted by molar-refractivity contribution is 14.1. The van der Waals surface area contributed by atoms with Gasteiger partial charge in [-0.15, -0.1) is 0 Å². The molecule has 1 fully saturated rings. The predicted molar refractivity (Wildman–Crippen MR) is 68.6 cm³/mol. The van der Waals surface area contributed by atoms with Crippen molar-refractivity contribution in [2.45, 2.75) is 0 Å². The number of carbonyl (C=O) groups is 2. The van der Waals surface area contributed by atoms with E-state index in [0.717, 1.165) is 3.57 Å². The van der Waals surface area contributed by atoms with Gasteiger partial charge in [0, 0.05) is 21.7 Å². The number of hydrogen-bond acceptors (Lipinski definition) is 2. The maximum Gasteiger partial charge on any atom is 0.324 e. The van der Waals surface area contributed by atoms with Gasteiger partial charge in [0.25, 0.3) is 5.91 Å². The number of halogens is 2. The van der Waals surface area contributed by atoms with E-state index in [0.29, 0.717) is 23.7 Å². The fourth-order valence-corrected chi connectivity index (χ4v) is 2.21. The smallest absolute Gasteiger partial charge is 0.324 e. The molecule has 0 atom stereocenters. The molecule has 1 N–H and O–H groups in total. The van der Waals surface area contributed by atoms with Crippen molar-refractivity contribution in [2.75, 3.05) is 13.1 Å². The molecule has 4 nitrogen and oxygen atoms in total. The Labute approximate surface area is 111 Å². The molecule has 0 unspecified atom stereocenters. The molecule has 1 aliphatic heterocycles. The summed E-state index contributed by atoms with van der Waals surface area (Å²) in [5, 5.41) is 3.07. The summed E-state index contributed by atoms with van der Waals surface area (Å²) in [5.74, 6) is -0.304. The number of nitrogens with zero attached hydrogens (tertiary/aromatic N) is 1. The SMILES string of the molecule is O=C1NCCN1C(=O)c1cc(Cl)ccc1I. The van der Waals surface area contributed by atoms with Crippen LogP contribution < -0.4 is 5.32 Å². The third-order valence-corrected chi connectivity index (χ3v) is 3.44. The number of amides is 3. The molecule has 2 rings (SSSR count). The first-order valence-corrected chi connectivity index (χ1v) is 6.10. The van der Waals surface area contributed by atoms with Crippen LogP contribution in [0.3, 0.4) is 0 Å². The van der Waals surface area contributed by atoms with E-state index in [1.165, 1.54) is 4.90 Å². The molecule has 1 heterocycles. The highest BCUT2D eigenvalue weighted by Crippen LogP contribution is 2.20. The van der Waals surface area contributed by atoms with Crippen LogP contribution in [0.4, 0.5) is 4.79 Å². The molecule has 3 amide bonds. The van der Waals surface area contributed by atoms with Gasteiger partial charge < -0.3 is 5.32 Å². The zero-order chi connectivity index (χ0) is 11.7. The van der Waals surface area contributed by atoms with Crippen molar-refractivity contribution >= 4 is 46.1 Å². The first-order valence-electron chi connectivity index (χ1n) is 4.64. The topological polar surface area (TPSA) is 49.4 Å². The minimum Gasteiger partial charge on any atom is -0.336 e. The van der Waals surface area contributed by atoms with E-state index in [9.17, 15) is 9.59 Å². The van der Waals surface area contributed by atoms with Crippen LogP contribution in [0.1, 0.15) is 10.4 Å². The number of urea groups is 1. The van der Waals surface area contributed by atoms with E-state index in [2.05, 4.69) is 5.32 Å². The number of benzene rings is 1. The quantitative estimate of drug-likeness (QED) is 0.789. The summed E-state index contributed by atoms with van der Waals surface area (Å²) in [6.07, 6.45) is 0. The molecule has 0 aromatic heterocycles. The van der Waals surface area contributed by atoms with E-state index in [1.807, 2.05) is 22.6 Å². The van der Waals surface area contributed by atoms with Crippen molar-refractivity contribution in [2.24, 2.45) is 0 Å². The molecule has 0 saturated carbocycles. The Morgan fingerprint density at radius 3 is 2.88 bits per heavy atom. The van der Waals surface area contributed by atoms with Crippen LogP contribution in [0.2, 0.25) is 5.02 Å². The van der Waals surface area contributed by atoms with E-state index in [4.69, 9.17) is 11.6 Å². The Morgan fingerprint density at radius 2 is 2.25 bits per heavy atom. The maximum absolute atomic E-state index is 12.0. The molecule has 1 aromatic carbocycles. The van der Waals surface area contributed by atoms with Crippen molar-refractivity contribution in [3.8, 4) is 0 Å². The lowest BCUT2D eigenvalue weighted by molar-refractivity contribution is 0.0828. The molecular formula is C10H8ClIN2O2. The molecule has 1 aliphatic rings. The monoisotopic (exact) mass is 350 g/mol. The van der Waals surface area contributed by atoms with E-state index >= 15 is 0 Å². The average Bonchev–Trinajstić information content (AvgIpc) is 2.67. The van der Waals surface area contributed by atoms with Gasteiger partial charge in [0.05, 0.1) is 5.56 Å². The van der Waals surface area contributed by atoms with Crippen LogP contribution in [0.15, 0.2) is 18.2 Å². The van der Waals surface area contributed by atoms with Gasteiger partial charge in [-0.2, -0.15) is 0 Å². The second kappa shape index (κ2) is 4.58. The standard InChI is InChI=1S/C10H8ClIN2O2/c11-6-1-2-8(12)7(5-6)9(15)14-4-3-13-10(14)16/h1-2,5H,3-4H2,(H,13,16). The minimum atomic E-state index is -0.347. The third kappa shape index (κ3) is 2.15. The summed E-state index contributed by atoms with van der Waals surface area (Å²) >= 11 is 7.88. The molecule has 1 aromatic rings. The van der Waals surface area contributed by atoms with Gasteiger partial charge in [0.2, 0.25) is 0 Å². The summed E-state index contributed by atoms with van der Waals surface area (Å²) in [5.41, 5.74) is 0.463.